The average Bonchev–Trinajstić information content (AvgIpc) is 2.75. The van der Waals surface area contributed by atoms with Crippen molar-refractivity contribution in [1.82, 2.24) is 4.98 Å². The molecule has 4 atom stereocenters. The fourth-order valence-electron chi connectivity index (χ4n) is 2.68. The molecule has 129 valence electrons. The van der Waals surface area contributed by atoms with Crippen LogP contribution in [0.15, 0.2) is 18.5 Å². The van der Waals surface area contributed by atoms with E-state index in [4.69, 9.17) is 4.43 Å². The van der Waals surface area contributed by atoms with E-state index in [2.05, 4.69) is 50.2 Å². The molecule has 1 radical (unpaired) electrons. The van der Waals surface area contributed by atoms with Crippen molar-refractivity contribution in [2.24, 2.45) is 5.92 Å². The number of rotatable bonds is 5. The Balaban J connectivity index is 2.11. The predicted octanol–water partition coefficient (Wildman–Crippen LogP) is 3.40. The Hall–Kier alpha value is -0.983. The zero-order valence-corrected chi connectivity index (χ0v) is 15.6. The van der Waals surface area contributed by atoms with Gasteiger partial charge in [0.1, 0.15) is 6.17 Å². The van der Waals surface area contributed by atoms with Crippen LogP contribution in [0.1, 0.15) is 27.2 Å². The third kappa shape index (κ3) is 4.11. The lowest BCUT2D eigenvalue weighted by atomic mass is 10.1. The van der Waals surface area contributed by atoms with Crippen LogP contribution < -0.4 is 5.32 Å². The van der Waals surface area contributed by atoms with Gasteiger partial charge in [0.2, 0.25) is 0 Å². The van der Waals surface area contributed by atoms with Crippen LogP contribution in [0.3, 0.4) is 0 Å². The quantitative estimate of drug-likeness (QED) is 0.807. The second-order valence-electron chi connectivity index (χ2n) is 7.87. The summed E-state index contributed by atoms with van der Waals surface area (Å²) in [5.74, 6) is -0.182. The molecule has 0 bridgehead atoms. The minimum Gasteiger partial charge on any atom is -0.411 e. The highest BCUT2D eigenvalue weighted by molar-refractivity contribution is 6.74. The summed E-state index contributed by atoms with van der Waals surface area (Å²) in [6, 6.07) is 4.34. The number of hydrogen-bond acceptors (Lipinski definition) is 4. The molecular weight excluding hydrogens is 311 g/mol. The van der Waals surface area contributed by atoms with Crippen molar-refractivity contribution in [3.05, 3.63) is 24.5 Å². The molecule has 2 N–H and O–H groups in total. The largest absolute Gasteiger partial charge is 0.411 e. The third-order valence-corrected chi connectivity index (χ3v) is 9.63. The Morgan fingerprint density at radius 3 is 2.70 bits per heavy atom. The zero-order chi connectivity index (χ0) is 17.3. The zero-order valence-electron chi connectivity index (χ0n) is 14.6. The van der Waals surface area contributed by atoms with Gasteiger partial charge in [0.15, 0.2) is 8.32 Å². The predicted molar refractivity (Wildman–Crippen MR) is 92.6 cm³/mol. The standard InChI is InChI=1S/C17H28FN2O2Si/c1-17(2,3)23(4,5)22-16-12(11-21)10-14(15(16)18)20-13-6-8-19-9-7-13/h6,8-9,12,14-16,21H,10-11H2,1-5H3,(H,19,20)/t12-,14-,15-,16-/m1/s1. The fraction of sp³-hybridized carbons (Fsp3) is 0.706. The number of aliphatic hydroxyl groups is 1. The van der Waals surface area contributed by atoms with Gasteiger partial charge in [-0.2, -0.15) is 0 Å². The normalized spacial score (nSPS) is 28.8. The van der Waals surface area contributed by atoms with E-state index in [0.29, 0.717) is 6.42 Å². The van der Waals surface area contributed by atoms with Gasteiger partial charge in [-0.05, 0) is 30.6 Å². The summed E-state index contributed by atoms with van der Waals surface area (Å²) in [5.41, 5.74) is 0.720. The second-order valence-corrected chi connectivity index (χ2v) is 12.6. The van der Waals surface area contributed by atoms with Gasteiger partial charge in [-0.3, -0.25) is 4.98 Å². The van der Waals surface area contributed by atoms with Crippen molar-refractivity contribution in [3.63, 3.8) is 0 Å². The van der Waals surface area contributed by atoms with Crippen molar-refractivity contribution in [2.45, 2.75) is 63.6 Å². The molecule has 0 unspecified atom stereocenters. The van der Waals surface area contributed by atoms with Crippen LogP contribution in [0, 0.1) is 12.0 Å². The third-order valence-electron chi connectivity index (χ3n) is 5.15. The molecule has 2 rings (SSSR count). The van der Waals surface area contributed by atoms with Crippen LogP contribution in [0.2, 0.25) is 18.1 Å². The number of halogens is 1. The highest BCUT2D eigenvalue weighted by Crippen LogP contribution is 2.42. The molecule has 1 aromatic rings. The fourth-order valence-corrected chi connectivity index (χ4v) is 4.04. The Kier molecular flexibility index (Phi) is 5.48. The number of alkyl halides is 1. The van der Waals surface area contributed by atoms with Crippen LogP contribution in [-0.4, -0.2) is 43.3 Å². The SMILES string of the molecule is CC(C)(C)[Si](C)(C)O[C@@H]1[C@@H](CO)C[C@@H](Nc2[c]cncc2)[C@H]1F. The van der Waals surface area contributed by atoms with Gasteiger partial charge in [0.05, 0.1) is 12.1 Å². The molecule has 0 saturated heterocycles. The first-order chi connectivity index (χ1) is 10.7. The first-order valence-corrected chi connectivity index (χ1v) is 11.1. The topological polar surface area (TPSA) is 54.4 Å². The van der Waals surface area contributed by atoms with E-state index in [1.807, 2.05) is 0 Å². The number of nitrogens with one attached hydrogen (secondary N) is 1. The van der Waals surface area contributed by atoms with Gasteiger partial charge in [-0.15, -0.1) is 0 Å². The molecule has 1 heterocycles. The Labute approximate surface area is 139 Å². The molecule has 0 aromatic carbocycles. The van der Waals surface area contributed by atoms with E-state index < -0.39 is 20.6 Å². The van der Waals surface area contributed by atoms with Gasteiger partial charge in [-0.25, -0.2) is 4.39 Å². The highest BCUT2D eigenvalue weighted by Gasteiger charge is 2.49. The van der Waals surface area contributed by atoms with Crippen LogP contribution >= 0.6 is 0 Å². The number of aromatic nitrogens is 1. The lowest BCUT2D eigenvalue weighted by Crippen LogP contribution is -2.48. The number of anilines is 1. The van der Waals surface area contributed by atoms with Crippen LogP contribution in [0.5, 0.6) is 0 Å². The summed E-state index contributed by atoms with van der Waals surface area (Å²) in [7, 11) is -2.09. The van der Waals surface area contributed by atoms with Gasteiger partial charge in [0.25, 0.3) is 0 Å². The first-order valence-electron chi connectivity index (χ1n) is 8.16. The Bertz CT molecular complexity index is 507. The summed E-state index contributed by atoms with van der Waals surface area (Å²) in [4.78, 5) is 3.91. The summed E-state index contributed by atoms with van der Waals surface area (Å²) in [5, 5.41) is 12.8. The molecule has 1 aromatic heterocycles. The molecule has 1 aliphatic rings. The molecule has 4 nitrogen and oxygen atoms in total. The molecule has 1 saturated carbocycles. The lowest BCUT2D eigenvalue weighted by molar-refractivity contribution is 0.0530. The smallest absolute Gasteiger partial charge is 0.192 e. The van der Waals surface area contributed by atoms with Gasteiger partial charge in [0, 0.05) is 36.7 Å². The van der Waals surface area contributed by atoms with Gasteiger partial charge < -0.3 is 14.8 Å². The molecule has 0 spiro atoms. The van der Waals surface area contributed by atoms with E-state index in [1.165, 1.54) is 0 Å². The van der Waals surface area contributed by atoms with Gasteiger partial charge in [-0.1, -0.05) is 20.8 Å². The molecule has 23 heavy (non-hydrogen) atoms. The van der Waals surface area contributed by atoms with Crippen molar-refractivity contribution in [3.8, 4) is 0 Å². The van der Waals surface area contributed by atoms with Crippen molar-refractivity contribution >= 4 is 14.0 Å². The number of nitrogens with zero attached hydrogens (tertiary/aromatic N) is 1. The monoisotopic (exact) mass is 339 g/mol. The Morgan fingerprint density at radius 2 is 2.17 bits per heavy atom. The lowest BCUT2D eigenvalue weighted by Gasteiger charge is -2.40. The summed E-state index contributed by atoms with van der Waals surface area (Å²) >= 11 is 0. The molecular formula is C17H28FN2O2Si. The summed E-state index contributed by atoms with van der Waals surface area (Å²) in [6.45, 7) is 10.6. The maximum atomic E-state index is 15.0. The Morgan fingerprint density at radius 1 is 1.48 bits per heavy atom. The van der Waals surface area contributed by atoms with E-state index in [9.17, 15) is 9.50 Å². The number of pyridine rings is 1. The average molecular weight is 340 g/mol. The number of aliphatic hydroxyl groups excluding tert-OH is 1. The highest BCUT2D eigenvalue weighted by atomic mass is 28.4. The maximum Gasteiger partial charge on any atom is 0.192 e. The van der Waals surface area contributed by atoms with Crippen LogP contribution in [0.25, 0.3) is 0 Å². The molecule has 0 amide bonds. The minimum absolute atomic E-state index is 0.0110. The van der Waals surface area contributed by atoms with Gasteiger partial charge >= 0.3 is 0 Å². The second kappa shape index (κ2) is 6.87. The number of hydrogen-bond donors (Lipinski definition) is 2. The summed E-state index contributed by atoms with van der Waals surface area (Å²) < 4.78 is 21.3. The van der Waals surface area contributed by atoms with Crippen molar-refractivity contribution in [2.75, 3.05) is 11.9 Å². The summed E-state index contributed by atoms with van der Waals surface area (Å²) in [6.07, 6.45) is 2.04. The van der Waals surface area contributed by atoms with Crippen LogP contribution in [-0.2, 0) is 4.43 Å². The van der Waals surface area contributed by atoms with E-state index in [-0.39, 0.29) is 23.6 Å². The molecule has 1 aliphatic carbocycles. The van der Waals surface area contributed by atoms with Crippen molar-refractivity contribution in [1.29, 1.82) is 0 Å². The molecule has 6 heteroatoms. The van der Waals surface area contributed by atoms with E-state index in [0.717, 1.165) is 5.69 Å². The first kappa shape index (κ1) is 18.4. The van der Waals surface area contributed by atoms with E-state index >= 15 is 0 Å². The minimum atomic E-state index is -2.09. The van der Waals surface area contributed by atoms with E-state index in [1.54, 1.807) is 18.5 Å². The molecule has 1 fully saturated rings. The molecule has 0 aliphatic heterocycles. The van der Waals surface area contributed by atoms with Crippen molar-refractivity contribution < 1.29 is 13.9 Å². The van der Waals surface area contributed by atoms with Crippen LogP contribution in [0.4, 0.5) is 10.1 Å². The maximum absolute atomic E-state index is 15.0.